The second-order valence-electron chi connectivity index (χ2n) is 0.481. The van der Waals surface area contributed by atoms with Gasteiger partial charge in [-0.05, 0) is 0 Å². The Morgan fingerprint density at radius 1 is 1.33 bits per heavy atom. The maximum atomic E-state index is 7.50. The van der Waals surface area contributed by atoms with Crippen molar-refractivity contribution in [1.29, 1.82) is 0 Å². The van der Waals surface area contributed by atoms with Crippen molar-refractivity contribution in [2.45, 2.75) is 0 Å². The van der Waals surface area contributed by atoms with E-state index in [-0.39, 0.29) is 40.1 Å². The summed E-state index contributed by atoms with van der Waals surface area (Å²) >= 11 is 0. The summed E-state index contributed by atoms with van der Waals surface area (Å²) in [6, 6.07) is 0. The Balaban J connectivity index is -0.0000000450. The van der Waals surface area contributed by atoms with Gasteiger partial charge in [-0.2, -0.15) is 0 Å². The van der Waals surface area contributed by atoms with E-state index < -0.39 is 7.12 Å². The van der Waals surface area contributed by atoms with Gasteiger partial charge in [0, 0.05) is 32.7 Å². The summed E-state index contributed by atoms with van der Waals surface area (Å²) in [5.74, 6) is 0. The summed E-state index contributed by atoms with van der Waals surface area (Å²) in [4.78, 5) is 0. The van der Waals surface area contributed by atoms with Crippen LogP contribution in [-0.4, -0.2) is 17.2 Å². The maximum Gasteiger partial charge on any atom is 0.264 e. The Labute approximate surface area is 64.0 Å². The van der Waals surface area contributed by atoms with Gasteiger partial charge >= 0.3 is 0 Å². The molecule has 0 unspecified atom stereocenters. The number of hydrogen-bond donors (Lipinski definition) is 2. The summed E-state index contributed by atoms with van der Waals surface area (Å²) in [6.07, 6.45) is 0. The standard InChI is InChI=1S/CH4BO2.CH3.Y/c1-2(3)4;;/h3-4H,1H2;1H3;/q2*-1;. The molecule has 35 valence electrons. The van der Waals surface area contributed by atoms with E-state index in [1.54, 1.807) is 0 Å². The zero-order valence-corrected chi connectivity index (χ0v) is 6.59. The van der Waals surface area contributed by atoms with E-state index in [2.05, 4.69) is 6.82 Å². The zero-order chi connectivity index (χ0) is 3.58. The van der Waals surface area contributed by atoms with Crippen LogP contribution in [-0.2, 0) is 32.7 Å². The fourth-order valence-corrected chi connectivity index (χ4v) is 0. The van der Waals surface area contributed by atoms with Crippen LogP contribution in [0.2, 0.25) is 0 Å². The van der Waals surface area contributed by atoms with E-state index >= 15 is 0 Å². The minimum atomic E-state index is -1.42. The van der Waals surface area contributed by atoms with Crippen molar-refractivity contribution in [3.05, 3.63) is 14.2 Å². The van der Waals surface area contributed by atoms with Gasteiger partial charge in [0.15, 0.2) is 0 Å². The molecule has 0 spiro atoms. The number of hydrogen-bond acceptors (Lipinski definition) is 2. The van der Waals surface area contributed by atoms with Gasteiger partial charge in [-0.1, -0.05) is 0 Å². The summed E-state index contributed by atoms with van der Waals surface area (Å²) in [5.41, 5.74) is 0. The maximum absolute atomic E-state index is 7.50. The van der Waals surface area contributed by atoms with Crippen molar-refractivity contribution in [2.75, 3.05) is 0 Å². The van der Waals surface area contributed by atoms with Crippen LogP contribution >= 0.6 is 0 Å². The molecule has 0 aliphatic rings. The smallest absolute Gasteiger partial charge is 0.264 e. The second-order valence-corrected chi connectivity index (χ2v) is 0.481. The predicted octanol–water partition coefficient (Wildman–Crippen LogP) is -0.720. The van der Waals surface area contributed by atoms with Gasteiger partial charge in [-0.3, -0.25) is 0 Å². The van der Waals surface area contributed by atoms with Crippen molar-refractivity contribution in [3.8, 4) is 0 Å². The van der Waals surface area contributed by atoms with Crippen LogP contribution in [0.25, 0.3) is 0 Å². The summed E-state index contributed by atoms with van der Waals surface area (Å²) in [7, 11) is -1.42. The third-order valence-electron chi connectivity index (χ3n) is 0. The molecule has 0 aromatic heterocycles. The monoisotopic (exact) mass is 163 g/mol. The first kappa shape index (κ1) is 15.7. The fourth-order valence-electron chi connectivity index (χ4n) is 0. The Morgan fingerprint density at radius 2 is 1.33 bits per heavy atom. The topological polar surface area (TPSA) is 40.5 Å². The van der Waals surface area contributed by atoms with Crippen LogP contribution in [0, 0.1) is 14.2 Å². The molecule has 0 rings (SSSR count). The van der Waals surface area contributed by atoms with Gasteiger partial charge in [0.2, 0.25) is 0 Å². The van der Waals surface area contributed by atoms with Crippen LogP contribution in [0.1, 0.15) is 0 Å². The van der Waals surface area contributed by atoms with E-state index in [1.807, 2.05) is 0 Å². The molecule has 1 radical (unpaired) electrons. The zero-order valence-electron chi connectivity index (χ0n) is 3.76. The van der Waals surface area contributed by atoms with Crippen molar-refractivity contribution in [2.24, 2.45) is 0 Å². The van der Waals surface area contributed by atoms with Gasteiger partial charge in [0.1, 0.15) is 0 Å². The Hall–Kier alpha value is 1.09. The van der Waals surface area contributed by atoms with Crippen LogP contribution < -0.4 is 0 Å². The average molecular weight is 163 g/mol. The average Bonchev–Trinajstić information content (AvgIpc) is 0.811. The van der Waals surface area contributed by atoms with Crippen molar-refractivity contribution in [3.63, 3.8) is 0 Å². The molecule has 0 saturated carbocycles. The Morgan fingerprint density at radius 3 is 1.33 bits per heavy atom. The van der Waals surface area contributed by atoms with Crippen LogP contribution in [0.15, 0.2) is 0 Å². The van der Waals surface area contributed by atoms with Gasteiger partial charge in [-0.25, -0.2) is 0 Å². The molecule has 0 aliphatic carbocycles. The quantitative estimate of drug-likeness (QED) is 0.365. The first-order valence-electron chi connectivity index (χ1n) is 0.925. The Bertz CT molecular complexity index is 16.3. The molecule has 0 bridgehead atoms. The molecule has 2 N–H and O–H groups in total. The SMILES string of the molecule is [CH2-]B(O)O.[CH3-].[Y]. The third-order valence-corrected chi connectivity index (χ3v) is 0. The minimum absolute atomic E-state index is 0. The van der Waals surface area contributed by atoms with Gasteiger partial charge in [-0.15, -0.1) is 0 Å². The summed E-state index contributed by atoms with van der Waals surface area (Å²) in [6.45, 7) is 2.75. The first-order chi connectivity index (χ1) is 1.73. The predicted molar refractivity (Wildman–Crippen MR) is 22.0 cm³/mol. The van der Waals surface area contributed by atoms with E-state index in [0.717, 1.165) is 0 Å². The second kappa shape index (κ2) is 9.43. The number of rotatable bonds is 0. The largest absolute Gasteiger partial charge is 0.452 e. The van der Waals surface area contributed by atoms with Gasteiger partial charge in [0.05, 0.1) is 0 Å². The molecule has 0 saturated heterocycles. The molecule has 6 heavy (non-hydrogen) atoms. The molecule has 0 aromatic rings. The molecule has 0 fully saturated rings. The Kier molecular flexibility index (Phi) is 24.7. The molecule has 0 aromatic carbocycles. The molecule has 4 heteroatoms. The molecule has 2 nitrogen and oxygen atoms in total. The van der Waals surface area contributed by atoms with E-state index in [0.29, 0.717) is 0 Å². The van der Waals surface area contributed by atoms with E-state index in [1.165, 1.54) is 0 Å². The van der Waals surface area contributed by atoms with Crippen molar-refractivity contribution >= 4 is 7.12 Å². The van der Waals surface area contributed by atoms with Gasteiger partial charge in [0.25, 0.3) is 7.12 Å². The van der Waals surface area contributed by atoms with Crippen molar-refractivity contribution < 1.29 is 42.8 Å². The summed E-state index contributed by atoms with van der Waals surface area (Å²) in [5, 5.41) is 15.0. The summed E-state index contributed by atoms with van der Waals surface area (Å²) < 4.78 is 0. The van der Waals surface area contributed by atoms with E-state index in [4.69, 9.17) is 10.0 Å². The molecular weight excluding hydrogens is 156 g/mol. The molecular formula is C2H7BO2Y-2. The fraction of sp³-hybridized carbons (Fsp3) is 0. The third kappa shape index (κ3) is 71.8. The molecule has 0 amide bonds. The molecule has 0 heterocycles. The normalized spacial score (nSPS) is 4.50. The first-order valence-corrected chi connectivity index (χ1v) is 0.925. The van der Waals surface area contributed by atoms with Crippen LogP contribution in [0.4, 0.5) is 0 Å². The van der Waals surface area contributed by atoms with Crippen molar-refractivity contribution in [1.82, 2.24) is 0 Å². The minimum Gasteiger partial charge on any atom is -0.452 e. The van der Waals surface area contributed by atoms with E-state index in [9.17, 15) is 0 Å². The van der Waals surface area contributed by atoms with Crippen LogP contribution in [0.3, 0.4) is 0 Å². The molecule has 0 atom stereocenters. The van der Waals surface area contributed by atoms with Gasteiger partial charge < -0.3 is 24.3 Å². The van der Waals surface area contributed by atoms with Crippen LogP contribution in [0.5, 0.6) is 0 Å². The molecule has 0 aliphatic heterocycles.